The molecule has 0 heterocycles. The van der Waals surface area contributed by atoms with E-state index in [0.717, 1.165) is 17.0 Å². The molecule has 0 aromatic carbocycles. The van der Waals surface area contributed by atoms with E-state index < -0.39 is 0 Å². The fraction of sp³-hybridized carbons (Fsp3) is 0.389. The fourth-order valence-corrected chi connectivity index (χ4v) is 1.59. The Hall–Kier alpha value is -1.72. The minimum Gasteiger partial charge on any atom is -0.344 e. The molecule has 1 aliphatic carbocycles. The molecular formula is C18H29N. The van der Waals surface area contributed by atoms with E-state index in [-0.39, 0.29) is 0 Å². The minimum absolute atomic E-state index is 1.08. The molecule has 106 valence electrons. The van der Waals surface area contributed by atoms with Gasteiger partial charge in [-0.05, 0) is 37.1 Å². The zero-order chi connectivity index (χ0) is 15.4. The van der Waals surface area contributed by atoms with Gasteiger partial charge in [0.15, 0.2) is 0 Å². The van der Waals surface area contributed by atoms with Gasteiger partial charge in [-0.2, -0.15) is 0 Å². The third-order valence-corrected chi connectivity index (χ3v) is 2.55. The SMILES string of the molecule is C=C/C(C)=C(\C=C)N(C)C1=C(C)C=C=C1.CC.CC. The van der Waals surface area contributed by atoms with Crippen LogP contribution in [0.25, 0.3) is 0 Å². The Labute approximate surface area is 120 Å². The fourth-order valence-electron chi connectivity index (χ4n) is 1.59. The lowest BCUT2D eigenvalue weighted by atomic mass is 10.1. The molecule has 1 nitrogen and oxygen atoms in total. The van der Waals surface area contributed by atoms with Crippen molar-refractivity contribution in [2.75, 3.05) is 7.05 Å². The first-order valence-corrected chi connectivity index (χ1v) is 6.94. The lowest BCUT2D eigenvalue weighted by Gasteiger charge is -2.23. The summed E-state index contributed by atoms with van der Waals surface area (Å²) in [6, 6.07) is 0. The Kier molecular flexibility index (Phi) is 11.7. The summed E-state index contributed by atoms with van der Waals surface area (Å²) in [6.45, 7) is 19.7. The normalized spacial score (nSPS) is 12.8. The summed E-state index contributed by atoms with van der Waals surface area (Å²) in [4.78, 5) is 2.11. The summed E-state index contributed by atoms with van der Waals surface area (Å²) in [7, 11) is 2.03. The molecule has 0 spiro atoms. The number of hydrogen-bond donors (Lipinski definition) is 0. The van der Waals surface area contributed by atoms with Crippen LogP contribution in [-0.4, -0.2) is 11.9 Å². The first-order valence-electron chi connectivity index (χ1n) is 6.94. The van der Waals surface area contributed by atoms with E-state index in [1.807, 2.05) is 66.0 Å². The predicted octanol–water partition coefficient (Wildman–Crippen LogP) is 5.62. The van der Waals surface area contributed by atoms with Crippen LogP contribution in [0.3, 0.4) is 0 Å². The van der Waals surface area contributed by atoms with Crippen molar-refractivity contribution < 1.29 is 0 Å². The second-order valence-electron chi connectivity index (χ2n) is 3.56. The maximum atomic E-state index is 3.83. The molecule has 0 unspecified atom stereocenters. The largest absolute Gasteiger partial charge is 0.344 e. The predicted molar refractivity (Wildman–Crippen MR) is 88.9 cm³/mol. The number of allylic oxidation sites excluding steroid dienone is 5. The quantitative estimate of drug-likeness (QED) is 0.468. The number of hydrogen-bond acceptors (Lipinski definition) is 1. The second kappa shape index (κ2) is 11.4. The highest BCUT2D eigenvalue weighted by Crippen LogP contribution is 2.22. The molecule has 1 heteroatoms. The molecule has 0 atom stereocenters. The van der Waals surface area contributed by atoms with E-state index in [1.54, 1.807) is 0 Å². The van der Waals surface area contributed by atoms with Crippen molar-refractivity contribution in [2.45, 2.75) is 41.5 Å². The minimum atomic E-state index is 1.08. The van der Waals surface area contributed by atoms with Crippen LogP contribution in [0.1, 0.15) is 41.5 Å². The van der Waals surface area contributed by atoms with Crippen LogP contribution in [0.2, 0.25) is 0 Å². The Balaban J connectivity index is 0. The molecule has 0 saturated heterocycles. The average Bonchev–Trinajstić information content (AvgIpc) is 2.89. The zero-order valence-corrected chi connectivity index (χ0v) is 13.7. The van der Waals surface area contributed by atoms with Crippen LogP contribution in [-0.2, 0) is 0 Å². The van der Waals surface area contributed by atoms with Crippen molar-refractivity contribution in [3.8, 4) is 0 Å². The average molecular weight is 259 g/mol. The molecule has 0 N–H and O–H groups in total. The highest BCUT2D eigenvalue weighted by molar-refractivity contribution is 5.41. The molecule has 0 fully saturated rings. The van der Waals surface area contributed by atoms with Gasteiger partial charge in [-0.1, -0.05) is 46.9 Å². The smallest absolute Gasteiger partial charge is 0.0522 e. The second-order valence-corrected chi connectivity index (χ2v) is 3.56. The van der Waals surface area contributed by atoms with Crippen molar-refractivity contribution in [3.05, 3.63) is 65.7 Å². The molecule has 0 saturated carbocycles. The number of rotatable bonds is 4. The summed E-state index contributed by atoms with van der Waals surface area (Å²) in [5.41, 5.74) is 7.66. The van der Waals surface area contributed by atoms with Gasteiger partial charge in [-0.25, -0.2) is 0 Å². The highest BCUT2D eigenvalue weighted by atomic mass is 15.1. The molecule has 0 bridgehead atoms. The van der Waals surface area contributed by atoms with Gasteiger partial charge in [-0.15, -0.1) is 5.73 Å². The van der Waals surface area contributed by atoms with E-state index >= 15 is 0 Å². The highest BCUT2D eigenvalue weighted by Gasteiger charge is 2.10. The maximum absolute atomic E-state index is 3.83. The first-order chi connectivity index (χ1) is 9.11. The summed E-state index contributed by atoms with van der Waals surface area (Å²) >= 11 is 0. The van der Waals surface area contributed by atoms with Gasteiger partial charge in [0, 0.05) is 18.8 Å². The van der Waals surface area contributed by atoms with E-state index in [2.05, 4.69) is 30.7 Å². The van der Waals surface area contributed by atoms with Crippen LogP contribution in [0, 0.1) is 0 Å². The molecular weight excluding hydrogens is 230 g/mol. The van der Waals surface area contributed by atoms with E-state index in [0.29, 0.717) is 0 Å². The molecule has 0 amide bonds. The van der Waals surface area contributed by atoms with Crippen LogP contribution >= 0.6 is 0 Å². The van der Waals surface area contributed by atoms with Crippen LogP contribution in [0.5, 0.6) is 0 Å². The van der Waals surface area contributed by atoms with Crippen LogP contribution in [0.4, 0.5) is 0 Å². The van der Waals surface area contributed by atoms with E-state index in [4.69, 9.17) is 0 Å². The summed E-state index contributed by atoms with van der Waals surface area (Å²) in [6.07, 6.45) is 7.66. The standard InChI is InChI=1S/C14H17N.2C2H6/c1-6-11(3)13(7-2)15(5)14-10-8-9-12(14)4;2*1-2/h6-7,9-10H,1-2H2,3-5H3;2*1-2H3/b13-11+;;. The van der Waals surface area contributed by atoms with Crippen molar-refractivity contribution in [1.82, 2.24) is 4.90 Å². The zero-order valence-electron chi connectivity index (χ0n) is 13.7. The Morgan fingerprint density at radius 3 is 1.95 bits per heavy atom. The van der Waals surface area contributed by atoms with Gasteiger partial charge < -0.3 is 4.90 Å². The maximum Gasteiger partial charge on any atom is 0.0522 e. The van der Waals surface area contributed by atoms with Crippen molar-refractivity contribution in [3.63, 3.8) is 0 Å². The molecule has 0 aromatic rings. The van der Waals surface area contributed by atoms with E-state index in [9.17, 15) is 0 Å². The third kappa shape index (κ3) is 5.63. The topological polar surface area (TPSA) is 3.24 Å². The molecule has 19 heavy (non-hydrogen) atoms. The summed E-state index contributed by atoms with van der Waals surface area (Å²) < 4.78 is 0. The summed E-state index contributed by atoms with van der Waals surface area (Å²) in [5, 5.41) is 0. The molecule has 1 rings (SSSR count). The lowest BCUT2D eigenvalue weighted by molar-refractivity contribution is 0.546. The van der Waals surface area contributed by atoms with Gasteiger partial charge in [0.2, 0.25) is 0 Å². The van der Waals surface area contributed by atoms with Crippen molar-refractivity contribution >= 4 is 0 Å². The summed E-state index contributed by atoms with van der Waals surface area (Å²) in [5.74, 6) is 0. The number of likely N-dealkylation sites (N-methyl/N-ethyl adjacent to an activating group) is 1. The van der Waals surface area contributed by atoms with Crippen LogP contribution < -0.4 is 0 Å². The molecule has 1 aliphatic rings. The van der Waals surface area contributed by atoms with Gasteiger partial charge >= 0.3 is 0 Å². The monoisotopic (exact) mass is 259 g/mol. The van der Waals surface area contributed by atoms with Crippen LogP contribution in [0.15, 0.2) is 65.7 Å². The van der Waals surface area contributed by atoms with Gasteiger partial charge in [0.05, 0.1) is 5.70 Å². The Morgan fingerprint density at radius 2 is 1.63 bits per heavy atom. The first kappa shape index (κ1) is 19.6. The lowest BCUT2D eigenvalue weighted by Crippen LogP contribution is -2.16. The molecule has 0 aliphatic heterocycles. The Bertz CT molecular complexity index is 413. The molecule has 0 aromatic heterocycles. The van der Waals surface area contributed by atoms with Gasteiger partial charge in [-0.3, -0.25) is 0 Å². The third-order valence-electron chi connectivity index (χ3n) is 2.55. The van der Waals surface area contributed by atoms with E-state index in [1.165, 1.54) is 5.57 Å². The van der Waals surface area contributed by atoms with Crippen molar-refractivity contribution in [1.29, 1.82) is 0 Å². The van der Waals surface area contributed by atoms with Crippen molar-refractivity contribution in [2.24, 2.45) is 0 Å². The van der Waals surface area contributed by atoms with Gasteiger partial charge in [0.25, 0.3) is 0 Å². The molecule has 0 radical (unpaired) electrons. The number of nitrogens with zero attached hydrogens (tertiary/aromatic N) is 1. The Morgan fingerprint density at radius 1 is 1.11 bits per heavy atom. The van der Waals surface area contributed by atoms with Gasteiger partial charge in [0.1, 0.15) is 0 Å².